The summed E-state index contributed by atoms with van der Waals surface area (Å²) >= 11 is 0. The van der Waals surface area contributed by atoms with Gasteiger partial charge in [0.15, 0.2) is 5.65 Å². The Morgan fingerprint density at radius 3 is 2.95 bits per heavy atom. The lowest BCUT2D eigenvalue weighted by Crippen LogP contribution is -2.28. The van der Waals surface area contributed by atoms with Crippen molar-refractivity contribution in [3.05, 3.63) is 17.8 Å². The highest BCUT2D eigenvalue weighted by molar-refractivity contribution is 5.74. The summed E-state index contributed by atoms with van der Waals surface area (Å²) in [4.78, 5) is 11.7. The molecule has 0 saturated carbocycles. The second kappa shape index (κ2) is 3.93. The van der Waals surface area contributed by atoms with Crippen LogP contribution in [-0.2, 0) is 0 Å². The van der Waals surface area contributed by atoms with Crippen LogP contribution in [0.4, 0.5) is 5.95 Å². The van der Waals surface area contributed by atoms with Gasteiger partial charge in [0.05, 0.1) is 6.04 Å². The molecule has 0 bridgehead atoms. The maximum absolute atomic E-state index is 6.16. The second-order valence-electron chi connectivity index (χ2n) is 5.74. The summed E-state index contributed by atoms with van der Waals surface area (Å²) in [7, 11) is 0. The molecule has 2 N–H and O–H groups in total. The number of anilines is 1. The molecular weight excluding hydrogens is 238 g/mol. The van der Waals surface area contributed by atoms with Crippen LogP contribution >= 0.6 is 0 Å². The molecule has 0 aromatic carbocycles. The second-order valence-corrected chi connectivity index (χ2v) is 5.74. The smallest absolute Gasteiger partial charge is 0.202 e. The molecule has 100 valence electrons. The van der Waals surface area contributed by atoms with E-state index in [2.05, 4.69) is 19.4 Å². The molecule has 0 amide bonds. The van der Waals surface area contributed by atoms with E-state index in [0.29, 0.717) is 18.0 Å². The first-order valence-corrected chi connectivity index (χ1v) is 7.09. The number of rotatable bonds is 1. The maximum atomic E-state index is 6.16. The van der Waals surface area contributed by atoms with Gasteiger partial charge in [0.2, 0.25) is 5.95 Å². The van der Waals surface area contributed by atoms with Crippen molar-refractivity contribution in [2.45, 2.75) is 38.3 Å². The average Bonchev–Trinajstić information content (AvgIpc) is 3.03. The topological polar surface area (TPSA) is 60.0 Å². The summed E-state index contributed by atoms with van der Waals surface area (Å²) in [6.45, 7) is 4.43. The van der Waals surface area contributed by atoms with Gasteiger partial charge in [-0.05, 0) is 44.9 Å². The highest BCUT2D eigenvalue weighted by Gasteiger charge is 2.39. The van der Waals surface area contributed by atoms with Crippen molar-refractivity contribution in [3.63, 3.8) is 0 Å². The van der Waals surface area contributed by atoms with Crippen LogP contribution in [0.5, 0.6) is 0 Å². The van der Waals surface area contributed by atoms with Crippen molar-refractivity contribution < 1.29 is 0 Å². The summed E-state index contributed by atoms with van der Waals surface area (Å²) in [6.07, 6.45) is 3.74. The Morgan fingerprint density at radius 1 is 1.16 bits per heavy atom. The molecular formula is C14H19N5. The van der Waals surface area contributed by atoms with Gasteiger partial charge >= 0.3 is 0 Å². The number of fused-ring (bicyclic) bond motifs is 2. The van der Waals surface area contributed by atoms with Crippen molar-refractivity contribution in [2.75, 3.05) is 18.8 Å². The summed E-state index contributed by atoms with van der Waals surface area (Å²) in [5, 5.41) is 0. The number of nitrogens with zero attached hydrogens (tertiary/aromatic N) is 4. The molecule has 0 spiro atoms. The largest absolute Gasteiger partial charge is 0.369 e. The van der Waals surface area contributed by atoms with Crippen LogP contribution < -0.4 is 5.73 Å². The normalized spacial score (nSPS) is 27.2. The van der Waals surface area contributed by atoms with Crippen LogP contribution in [0.3, 0.4) is 0 Å². The highest BCUT2D eigenvalue weighted by atomic mass is 15.3. The Kier molecular flexibility index (Phi) is 2.33. The van der Waals surface area contributed by atoms with Gasteiger partial charge in [-0.2, -0.15) is 0 Å². The minimum Gasteiger partial charge on any atom is -0.369 e. The highest BCUT2D eigenvalue weighted by Crippen LogP contribution is 2.38. The Hall–Kier alpha value is -1.62. The van der Waals surface area contributed by atoms with Crippen molar-refractivity contribution in [2.24, 2.45) is 0 Å². The van der Waals surface area contributed by atoms with E-state index in [4.69, 9.17) is 5.73 Å². The number of aromatic nitrogens is 3. The number of pyridine rings is 1. The van der Waals surface area contributed by atoms with E-state index < -0.39 is 0 Å². The van der Waals surface area contributed by atoms with Gasteiger partial charge in [-0.1, -0.05) is 0 Å². The number of aryl methyl sites for hydroxylation is 1. The lowest BCUT2D eigenvalue weighted by Gasteiger charge is -2.22. The molecule has 4 heterocycles. The van der Waals surface area contributed by atoms with Gasteiger partial charge in [0.25, 0.3) is 0 Å². The van der Waals surface area contributed by atoms with Gasteiger partial charge in [0.1, 0.15) is 5.52 Å². The number of hydrogen-bond acceptors (Lipinski definition) is 4. The zero-order valence-electron chi connectivity index (χ0n) is 11.2. The van der Waals surface area contributed by atoms with Crippen LogP contribution in [-0.4, -0.2) is 38.6 Å². The Labute approximate surface area is 112 Å². The quantitative estimate of drug-likeness (QED) is 0.845. The third-order valence-electron chi connectivity index (χ3n) is 4.61. The molecule has 5 heteroatoms. The third-order valence-corrected chi connectivity index (χ3v) is 4.61. The molecule has 2 aromatic heterocycles. The van der Waals surface area contributed by atoms with E-state index >= 15 is 0 Å². The summed E-state index contributed by atoms with van der Waals surface area (Å²) in [5.74, 6) is 0.617. The van der Waals surface area contributed by atoms with Gasteiger partial charge in [-0.3, -0.25) is 9.47 Å². The van der Waals surface area contributed by atoms with E-state index in [1.807, 2.05) is 19.1 Å². The third kappa shape index (κ3) is 1.57. The molecule has 2 aliphatic rings. The first kappa shape index (κ1) is 11.2. The minimum atomic E-state index is 0.446. The fraction of sp³-hybridized carbons (Fsp3) is 0.571. The van der Waals surface area contributed by atoms with E-state index in [1.165, 1.54) is 25.9 Å². The standard InChI is InChI=1S/C14H19N5/c1-9-4-5-10-13(16-9)19(14(15)17-10)12-6-8-18-7-2-3-11(12)18/h4-5,11-12H,2-3,6-8H2,1H3,(H2,15,17). The first-order chi connectivity index (χ1) is 9.24. The fourth-order valence-corrected chi connectivity index (χ4v) is 3.77. The molecule has 2 unspecified atom stereocenters. The van der Waals surface area contributed by atoms with Crippen LogP contribution in [0.25, 0.3) is 11.2 Å². The van der Waals surface area contributed by atoms with Crippen LogP contribution in [0.15, 0.2) is 12.1 Å². The van der Waals surface area contributed by atoms with E-state index in [9.17, 15) is 0 Å². The molecule has 2 atom stereocenters. The lowest BCUT2D eigenvalue weighted by atomic mass is 10.1. The van der Waals surface area contributed by atoms with Crippen LogP contribution in [0.2, 0.25) is 0 Å². The Balaban J connectivity index is 1.86. The molecule has 4 rings (SSSR count). The van der Waals surface area contributed by atoms with Gasteiger partial charge in [-0.25, -0.2) is 9.97 Å². The van der Waals surface area contributed by atoms with Crippen molar-refractivity contribution in [1.82, 2.24) is 19.4 Å². The molecule has 19 heavy (non-hydrogen) atoms. The molecule has 0 radical (unpaired) electrons. The molecule has 2 fully saturated rings. The van der Waals surface area contributed by atoms with Gasteiger partial charge < -0.3 is 5.73 Å². The molecule has 0 aliphatic carbocycles. The average molecular weight is 257 g/mol. The van der Waals surface area contributed by atoms with Gasteiger partial charge in [0, 0.05) is 18.3 Å². The number of imidazole rings is 1. The summed E-state index contributed by atoms with van der Waals surface area (Å²) in [5.41, 5.74) is 9.05. The zero-order chi connectivity index (χ0) is 13.0. The number of nitrogens with two attached hydrogens (primary N) is 1. The fourth-order valence-electron chi connectivity index (χ4n) is 3.77. The van der Waals surface area contributed by atoms with Gasteiger partial charge in [-0.15, -0.1) is 0 Å². The first-order valence-electron chi connectivity index (χ1n) is 7.09. The van der Waals surface area contributed by atoms with E-state index in [1.54, 1.807) is 0 Å². The van der Waals surface area contributed by atoms with Crippen LogP contribution in [0, 0.1) is 6.92 Å². The van der Waals surface area contributed by atoms with Crippen molar-refractivity contribution >= 4 is 17.1 Å². The van der Waals surface area contributed by atoms with Crippen LogP contribution in [0.1, 0.15) is 31.0 Å². The predicted molar refractivity (Wildman–Crippen MR) is 74.9 cm³/mol. The maximum Gasteiger partial charge on any atom is 0.202 e. The summed E-state index contributed by atoms with van der Waals surface area (Å²) in [6, 6.07) is 5.09. The Bertz CT molecular complexity index is 632. The van der Waals surface area contributed by atoms with Crippen molar-refractivity contribution in [3.8, 4) is 0 Å². The Morgan fingerprint density at radius 2 is 2.05 bits per heavy atom. The zero-order valence-corrected chi connectivity index (χ0v) is 11.2. The monoisotopic (exact) mass is 257 g/mol. The minimum absolute atomic E-state index is 0.446. The lowest BCUT2D eigenvalue weighted by molar-refractivity contribution is 0.293. The van der Waals surface area contributed by atoms with E-state index in [-0.39, 0.29) is 0 Å². The molecule has 2 aromatic rings. The number of nitrogen functional groups attached to an aromatic ring is 1. The molecule has 2 saturated heterocycles. The van der Waals surface area contributed by atoms with Crippen molar-refractivity contribution in [1.29, 1.82) is 0 Å². The number of hydrogen-bond donors (Lipinski definition) is 1. The molecule has 5 nitrogen and oxygen atoms in total. The SMILES string of the molecule is Cc1ccc2nc(N)n(C3CCN4CCCC34)c2n1. The predicted octanol–water partition coefficient (Wildman–Crippen LogP) is 1.73. The molecule has 2 aliphatic heterocycles. The van der Waals surface area contributed by atoms with E-state index in [0.717, 1.165) is 23.3 Å². The summed E-state index contributed by atoms with van der Waals surface area (Å²) < 4.78 is 2.18.